The van der Waals surface area contributed by atoms with Gasteiger partial charge in [0.2, 0.25) is 5.13 Å². The van der Waals surface area contributed by atoms with Crippen LogP contribution in [0.2, 0.25) is 0 Å². The maximum Gasteiger partial charge on any atom is 0.206 e. The summed E-state index contributed by atoms with van der Waals surface area (Å²) in [5.41, 5.74) is 0.882. The standard InChI is InChI=1S/C15H21N5S/c1-12-5-4-9-20(11-12)10-8-17-15-19-18-14(21-15)13-6-2-3-7-16-13/h2-3,6-7,12H,4-5,8-11H2,1H3,(H,17,19). The zero-order valence-corrected chi connectivity index (χ0v) is 13.1. The van der Waals surface area contributed by atoms with E-state index in [1.165, 1.54) is 25.9 Å². The summed E-state index contributed by atoms with van der Waals surface area (Å²) in [5.74, 6) is 0.830. The summed E-state index contributed by atoms with van der Waals surface area (Å²) in [7, 11) is 0. The van der Waals surface area contributed by atoms with Gasteiger partial charge in [-0.2, -0.15) is 0 Å². The quantitative estimate of drug-likeness (QED) is 0.920. The van der Waals surface area contributed by atoms with Crippen LogP contribution < -0.4 is 5.32 Å². The predicted octanol–water partition coefficient (Wildman–Crippen LogP) is 2.74. The zero-order valence-electron chi connectivity index (χ0n) is 12.3. The lowest BCUT2D eigenvalue weighted by molar-refractivity contribution is 0.190. The normalized spacial score (nSPS) is 19.6. The lowest BCUT2D eigenvalue weighted by atomic mass is 10.0. The van der Waals surface area contributed by atoms with E-state index in [0.717, 1.165) is 34.8 Å². The summed E-state index contributed by atoms with van der Waals surface area (Å²) >= 11 is 1.56. The van der Waals surface area contributed by atoms with Crippen LogP contribution in [0.25, 0.3) is 10.7 Å². The smallest absolute Gasteiger partial charge is 0.206 e. The molecular weight excluding hydrogens is 282 g/mol. The monoisotopic (exact) mass is 303 g/mol. The Hall–Kier alpha value is -1.53. The summed E-state index contributed by atoms with van der Waals surface area (Å²) in [5, 5.41) is 13.5. The number of nitrogens with zero attached hydrogens (tertiary/aromatic N) is 4. The Morgan fingerprint density at radius 1 is 1.38 bits per heavy atom. The molecule has 6 heteroatoms. The molecule has 112 valence electrons. The SMILES string of the molecule is CC1CCCN(CCNc2nnc(-c3ccccn3)s2)C1. The molecule has 1 unspecified atom stereocenters. The van der Waals surface area contributed by atoms with Crippen LogP contribution in [0, 0.1) is 5.92 Å². The first-order valence-electron chi connectivity index (χ1n) is 7.52. The minimum Gasteiger partial charge on any atom is -0.359 e. The van der Waals surface area contributed by atoms with Gasteiger partial charge < -0.3 is 10.2 Å². The summed E-state index contributed by atoms with van der Waals surface area (Å²) in [6.07, 6.45) is 4.47. The van der Waals surface area contributed by atoms with E-state index < -0.39 is 0 Å². The fourth-order valence-corrected chi connectivity index (χ4v) is 3.44. The highest BCUT2D eigenvalue weighted by atomic mass is 32.1. The second-order valence-corrected chi connectivity index (χ2v) is 6.58. The highest BCUT2D eigenvalue weighted by molar-refractivity contribution is 7.18. The van der Waals surface area contributed by atoms with E-state index >= 15 is 0 Å². The number of anilines is 1. The molecule has 21 heavy (non-hydrogen) atoms. The lowest BCUT2D eigenvalue weighted by Crippen LogP contribution is -2.37. The number of rotatable bonds is 5. The number of piperidine rings is 1. The van der Waals surface area contributed by atoms with Crippen molar-refractivity contribution in [2.24, 2.45) is 5.92 Å². The first kappa shape index (κ1) is 14.4. The lowest BCUT2D eigenvalue weighted by Gasteiger charge is -2.30. The number of aromatic nitrogens is 3. The second-order valence-electron chi connectivity index (χ2n) is 5.60. The van der Waals surface area contributed by atoms with Gasteiger partial charge in [0.05, 0.1) is 0 Å². The fraction of sp³-hybridized carbons (Fsp3) is 0.533. The molecular formula is C15H21N5S. The second kappa shape index (κ2) is 6.95. The van der Waals surface area contributed by atoms with Crippen LogP contribution >= 0.6 is 11.3 Å². The molecule has 0 spiro atoms. The van der Waals surface area contributed by atoms with Crippen molar-refractivity contribution in [2.45, 2.75) is 19.8 Å². The van der Waals surface area contributed by atoms with Crippen molar-refractivity contribution in [3.63, 3.8) is 0 Å². The molecule has 0 saturated carbocycles. The van der Waals surface area contributed by atoms with Crippen LogP contribution in [0.15, 0.2) is 24.4 Å². The molecule has 1 aliphatic heterocycles. The number of nitrogens with one attached hydrogen (secondary N) is 1. The Balaban J connectivity index is 1.49. The van der Waals surface area contributed by atoms with E-state index in [1.54, 1.807) is 17.5 Å². The van der Waals surface area contributed by atoms with Gasteiger partial charge in [0, 0.05) is 25.8 Å². The van der Waals surface area contributed by atoms with Crippen molar-refractivity contribution in [2.75, 3.05) is 31.5 Å². The van der Waals surface area contributed by atoms with Gasteiger partial charge in [0.25, 0.3) is 0 Å². The molecule has 3 rings (SSSR count). The fourth-order valence-electron chi connectivity index (χ4n) is 2.70. The Bertz CT molecular complexity index is 556. The number of likely N-dealkylation sites (tertiary alicyclic amines) is 1. The average Bonchev–Trinajstić information content (AvgIpc) is 2.97. The van der Waals surface area contributed by atoms with Gasteiger partial charge in [-0.05, 0) is 37.4 Å². The molecule has 2 aromatic heterocycles. The number of hydrogen-bond donors (Lipinski definition) is 1. The van der Waals surface area contributed by atoms with Gasteiger partial charge in [-0.25, -0.2) is 0 Å². The summed E-state index contributed by atoms with van der Waals surface area (Å²) in [4.78, 5) is 6.83. The van der Waals surface area contributed by atoms with E-state index in [4.69, 9.17) is 0 Å². The van der Waals surface area contributed by atoms with E-state index in [2.05, 4.69) is 32.3 Å². The highest BCUT2D eigenvalue weighted by Crippen LogP contribution is 2.24. The van der Waals surface area contributed by atoms with Gasteiger partial charge in [-0.15, -0.1) is 10.2 Å². The molecule has 1 N–H and O–H groups in total. The maximum atomic E-state index is 4.30. The third kappa shape index (κ3) is 3.98. The van der Waals surface area contributed by atoms with Crippen LogP contribution in [0.5, 0.6) is 0 Å². The van der Waals surface area contributed by atoms with Gasteiger partial charge in [-0.1, -0.05) is 24.3 Å². The summed E-state index contributed by atoms with van der Waals surface area (Å²) in [6, 6.07) is 5.83. The summed E-state index contributed by atoms with van der Waals surface area (Å²) in [6.45, 7) is 6.77. The molecule has 2 aromatic rings. The largest absolute Gasteiger partial charge is 0.359 e. The third-order valence-electron chi connectivity index (χ3n) is 3.75. The topological polar surface area (TPSA) is 53.9 Å². The maximum absolute atomic E-state index is 4.30. The van der Waals surface area contributed by atoms with Crippen molar-refractivity contribution in [1.82, 2.24) is 20.1 Å². The molecule has 3 heterocycles. The van der Waals surface area contributed by atoms with Crippen LogP contribution in [0.1, 0.15) is 19.8 Å². The van der Waals surface area contributed by atoms with E-state index in [-0.39, 0.29) is 0 Å². The molecule has 0 bridgehead atoms. The molecule has 1 fully saturated rings. The predicted molar refractivity (Wildman–Crippen MR) is 86.5 cm³/mol. The highest BCUT2D eigenvalue weighted by Gasteiger charge is 2.15. The molecule has 0 radical (unpaired) electrons. The average molecular weight is 303 g/mol. The van der Waals surface area contributed by atoms with Crippen LogP contribution in [-0.4, -0.2) is 46.3 Å². The third-order valence-corrected chi connectivity index (χ3v) is 4.66. The van der Waals surface area contributed by atoms with Gasteiger partial charge in [0.15, 0.2) is 5.01 Å². The van der Waals surface area contributed by atoms with Crippen molar-refractivity contribution in [1.29, 1.82) is 0 Å². The van der Waals surface area contributed by atoms with Gasteiger partial charge >= 0.3 is 0 Å². The molecule has 0 amide bonds. The van der Waals surface area contributed by atoms with Crippen LogP contribution in [0.4, 0.5) is 5.13 Å². The minimum absolute atomic E-state index is 0.830. The van der Waals surface area contributed by atoms with Crippen molar-refractivity contribution >= 4 is 16.5 Å². The summed E-state index contributed by atoms with van der Waals surface area (Å²) < 4.78 is 0. The van der Waals surface area contributed by atoms with Crippen LogP contribution in [-0.2, 0) is 0 Å². The zero-order chi connectivity index (χ0) is 14.5. The Kier molecular flexibility index (Phi) is 4.77. The van der Waals surface area contributed by atoms with Crippen molar-refractivity contribution in [3.8, 4) is 10.7 Å². The molecule has 0 aliphatic carbocycles. The minimum atomic E-state index is 0.830. The molecule has 1 atom stereocenters. The molecule has 1 saturated heterocycles. The molecule has 1 aliphatic rings. The molecule has 5 nitrogen and oxygen atoms in total. The van der Waals surface area contributed by atoms with Gasteiger partial charge in [-0.3, -0.25) is 4.98 Å². The Morgan fingerprint density at radius 2 is 2.33 bits per heavy atom. The number of pyridine rings is 1. The Morgan fingerprint density at radius 3 is 3.14 bits per heavy atom. The van der Waals surface area contributed by atoms with E-state index in [1.807, 2.05) is 18.2 Å². The van der Waals surface area contributed by atoms with Crippen molar-refractivity contribution < 1.29 is 0 Å². The first-order valence-corrected chi connectivity index (χ1v) is 8.34. The van der Waals surface area contributed by atoms with Crippen molar-refractivity contribution in [3.05, 3.63) is 24.4 Å². The van der Waals surface area contributed by atoms with Crippen LogP contribution in [0.3, 0.4) is 0 Å². The van der Waals surface area contributed by atoms with E-state index in [0.29, 0.717) is 0 Å². The Labute approximate surface area is 129 Å². The van der Waals surface area contributed by atoms with Gasteiger partial charge in [0.1, 0.15) is 5.69 Å². The first-order chi connectivity index (χ1) is 10.3. The number of hydrogen-bond acceptors (Lipinski definition) is 6. The molecule has 0 aromatic carbocycles. The van der Waals surface area contributed by atoms with E-state index in [9.17, 15) is 0 Å².